The molecule has 18 heavy (non-hydrogen) atoms. The lowest BCUT2D eigenvalue weighted by Crippen LogP contribution is -2.12. The Morgan fingerprint density at radius 2 is 2.00 bits per heavy atom. The van der Waals surface area contributed by atoms with Gasteiger partial charge in [0.05, 0.1) is 0 Å². The summed E-state index contributed by atoms with van der Waals surface area (Å²) in [5.74, 6) is 0.377. The number of pyridine rings is 1. The van der Waals surface area contributed by atoms with E-state index in [1.165, 1.54) is 11.3 Å². The van der Waals surface area contributed by atoms with Crippen LogP contribution < -0.4 is 4.72 Å². The third kappa shape index (κ3) is 2.00. The molecule has 3 rings (SSSR count). The first-order valence-corrected chi connectivity index (χ1v) is 8.29. The summed E-state index contributed by atoms with van der Waals surface area (Å²) in [6, 6.07) is 7.00. The zero-order valence-electron chi connectivity index (χ0n) is 9.03. The molecule has 0 aliphatic carbocycles. The highest BCUT2D eigenvalue weighted by Crippen LogP contribution is 2.28. The summed E-state index contributed by atoms with van der Waals surface area (Å²) in [5.41, 5.74) is 0. The number of hydrogen-bond acceptors (Lipinski definition) is 5. The highest BCUT2D eigenvalue weighted by atomic mass is 32.2. The molecule has 0 aliphatic rings. The van der Waals surface area contributed by atoms with Crippen molar-refractivity contribution in [3.8, 4) is 0 Å². The maximum absolute atomic E-state index is 12.1. The van der Waals surface area contributed by atoms with E-state index in [2.05, 4.69) is 9.71 Å². The second kappa shape index (κ2) is 4.34. The van der Waals surface area contributed by atoms with Gasteiger partial charge in [0, 0.05) is 16.3 Å². The average Bonchev–Trinajstić information content (AvgIpc) is 3.00. The first-order valence-electron chi connectivity index (χ1n) is 5.05. The summed E-state index contributed by atoms with van der Waals surface area (Å²) >= 11 is 2.73. The Hall–Kier alpha value is -1.44. The van der Waals surface area contributed by atoms with Gasteiger partial charge in [0.15, 0.2) is 0 Å². The standard InChI is InChI=1S/C11H8N2O2S3/c14-18(15,10-2-1-6-17-10)13-11-8-4-7-16-9(8)3-5-12-11/h1-7H,(H,12,13). The van der Waals surface area contributed by atoms with Gasteiger partial charge in [-0.3, -0.25) is 4.72 Å². The van der Waals surface area contributed by atoms with E-state index in [1.807, 2.05) is 17.5 Å². The Morgan fingerprint density at radius 1 is 1.11 bits per heavy atom. The van der Waals surface area contributed by atoms with E-state index in [9.17, 15) is 8.42 Å². The lowest BCUT2D eigenvalue weighted by molar-refractivity contribution is 0.603. The predicted molar refractivity (Wildman–Crippen MR) is 74.7 cm³/mol. The van der Waals surface area contributed by atoms with Crippen LogP contribution in [0.3, 0.4) is 0 Å². The van der Waals surface area contributed by atoms with Crippen molar-refractivity contribution in [1.82, 2.24) is 4.98 Å². The molecule has 7 heteroatoms. The van der Waals surface area contributed by atoms with Gasteiger partial charge in [0.1, 0.15) is 10.0 Å². The van der Waals surface area contributed by atoms with Crippen LogP contribution in [0.5, 0.6) is 0 Å². The highest BCUT2D eigenvalue weighted by molar-refractivity contribution is 7.94. The summed E-state index contributed by atoms with van der Waals surface area (Å²) < 4.78 is 28.0. The van der Waals surface area contributed by atoms with Crippen molar-refractivity contribution in [2.45, 2.75) is 4.21 Å². The number of thiophene rings is 2. The van der Waals surface area contributed by atoms with Crippen molar-refractivity contribution >= 4 is 48.6 Å². The molecule has 3 aromatic rings. The third-order valence-corrected chi connectivity index (χ3v) is 5.99. The second-order valence-electron chi connectivity index (χ2n) is 3.53. The number of hydrogen-bond donors (Lipinski definition) is 1. The Kier molecular flexibility index (Phi) is 2.81. The van der Waals surface area contributed by atoms with Crippen LogP contribution in [0.4, 0.5) is 5.82 Å². The molecular weight excluding hydrogens is 288 g/mol. The van der Waals surface area contributed by atoms with E-state index >= 15 is 0 Å². The van der Waals surface area contributed by atoms with Crippen LogP contribution in [0.1, 0.15) is 0 Å². The fourth-order valence-electron chi connectivity index (χ4n) is 1.57. The van der Waals surface area contributed by atoms with E-state index in [0.29, 0.717) is 5.82 Å². The fourth-order valence-corrected chi connectivity index (χ4v) is 4.37. The largest absolute Gasteiger partial charge is 0.272 e. The molecule has 4 nitrogen and oxygen atoms in total. The van der Waals surface area contributed by atoms with E-state index in [4.69, 9.17) is 0 Å². The number of nitrogens with one attached hydrogen (secondary N) is 1. The molecule has 3 heterocycles. The van der Waals surface area contributed by atoms with Crippen molar-refractivity contribution in [3.63, 3.8) is 0 Å². The molecule has 0 unspecified atom stereocenters. The lowest BCUT2D eigenvalue weighted by Gasteiger charge is -2.06. The Balaban J connectivity index is 2.05. The van der Waals surface area contributed by atoms with E-state index in [-0.39, 0.29) is 4.21 Å². The Labute approximate surface area is 112 Å². The summed E-state index contributed by atoms with van der Waals surface area (Å²) in [6.45, 7) is 0. The zero-order valence-corrected chi connectivity index (χ0v) is 11.5. The van der Waals surface area contributed by atoms with Crippen LogP contribution in [0.2, 0.25) is 0 Å². The molecule has 0 saturated carbocycles. The molecule has 3 aromatic heterocycles. The van der Waals surface area contributed by atoms with Crippen molar-refractivity contribution in [2.75, 3.05) is 4.72 Å². The average molecular weight is 296 g/mol. The molecule has 92 valence electrons. The second-order valence-corrected chi connectivity index (χ2v) is 7.33. The van der Waals surface area contributed by atoms with Gasteiger partial charge < -0.3 is 0 Å². The Bertz CT molecular complexity index is 776. The van der Waals surface area contributed by atoms with E-state index < -0.39 is 10.0 Å². The van der Waals surface area contributed by atoms with Gasteiger partial charge in [-0.25, -0.2) is 13.4 Å². The minimum absolute atomic E-state index is 0.288. The topological polar surface area (TPSA) is 59.1 Å². The fraction of sp³-hybridized carbons (Fsp3) is 0. The molecular formula is C11H8N2O2S3. The van der Waals surface area contributed by atoms with Crippen molar-refractivity contribution in [3.05, 3.63) is 41.2 Å². The lowest BCUT2D eigenvalue weighted by atomic mass is 10.3. The minimum Gasteiger partial charge on any atom is -0.262 e. The number of fused-ring (bicyclic) bond motifs is 1. The van der Waals surface area contributed by atoms with E-state index in [0.717, 1.165) is 10.1 Å². The van der Waals surface area contributed by atoms with Gasteiger partial charge >= 0.3 is 0 Å². The molecule has 0 aromatic carbocycles. The van der Waals surface area contributed by atoms with Gasteiger partial charge in [-0.2, -0.15) is 0 Å². The van der Waals surface area contributed by atoms with Gasteiger partial charge in [0.2, 0.25) is 0 Å². The summed E-state index contributed by atoms with van der Waals surface area (Å²) in [7, 11) is -3.53. The molecule has 0 bridgehead atoms. The molecule has 0 saturated heterocycles. The maximum atomic E-state index is 12.1. The van der Waals surface area contributed by atoms with Crippen LogP contribution in [0, 0.1) is 0 Å². The molecule has 1 N–H and O–H groups in total. The number of rotatable bonds is 3. The van der Waals surface area contributed by atoms with Gasteiger partial charge in [-0.15, -0.1) is 22.7 Å². The summed E-state index contributed by atoms with van der Waals surface area (Å²) in [6.07, 6.45) is 1.60. The maximum Gasteiger partial charge on any atom is 0.272 e. The normalized spacial score (nSPS) is 11.8. The zero-order chi connectivity index (χ0) is 12.6. The quantitative estimate of drug-likeness (QED) is 0.807. The first-order chi connectivity index (χ1) is 8.67. The molecule has 0 aliphatic heterocycles. The van der Waals surface area contributed by atoms with Gasteiger partial charge in [-0.1, -0.05) is 6.07 Å². The third-order valence-electron chi connectivity index (χ3n) is 2.37. The van der Waals surface area contributed by atoms with Crippen molar-refractivity contribution in [1.29, 1.82) is 0 Å². The van der Waals surface area contributed by atoms with Gasteiger partial charge in [-0.05, 0) is 29.0 Å². The monoisotopic (exact) mass is 296 g/mol. The summed E-state index contributed by atoms with van der Waals surface area (Å²) in [5, 5.41) is 4.46. The molecule has 0 fully saturated rings. The van der Waals surface area contributed by atoms with Crippen molar-refractivity contribution in [2.24, 2.45) is 0 Å². The van der Waals surface area contributed by atoms with Crippen LogP contribution in [0.15, 0.2) is 45.4 Å². The Morgan fingerprint density at radius 3 is 2.78 bits per heavy atom. The van der Waals surface area contributed by atoms with Crippen LogP contribution in [0.25, 0.3) is 10.1 Å². The molecule has 0 radical (unpaired) electrons. The minimum atomic E-state index is -3.53. The summed E-state index contributed by atoms with van der Waals surface area (Å²) in [4.78, 5) is 4.10. The van der Waals surface area contributed by atoms with Crippen LogP contribution >= 0.6 is 22.7 Å². The van der Waals surface area contributed by atoms with Crippen LogP contribution in [-0.2, 0) is 10.0 Å². The van der Waals surface area contributed by atoms with Gasteiger partial charge in [0.25, 0.3) is 10.0 Å². The first kappa shape index (κ1) is 11.6. The molecule has 0 spiro atoms. The highest BCUT2D eigenvalue weighted by Gasteiger charge is 2.17. The van der Waals surface area contributed by atoms with Crippen molar-refractivity contribution < 1.29 is 8.42 Å². The molecule has 0 amide bonds. The van der Waals surface area contributed by atoms with E-state index in [1.54, 1.807) is 35.0 Å². The number of anilines is 1. The predicted octanol–water partition coefficient (Wildman–Crippen LogP) is 3.16. The molecule has 0 atom stereocenters. The SMILES string of the molecule is O=S(=O)(Nc1nccc2sccc12)c1cccs1. The van der Waals surface area contributed by atoms with Crippen LogP contribution in [-0.4, -0.2) is 13.4 Å². The number of aromatic nitrogens is 1. The number of sulfonamides is 1. The smallest absolute Gasteiger partial charge is 0.262 e. The number of nitrogens with zero attached hydrogens (tertiary/aromatic N) is 1.